The number of para-hydroxylation sites is 1. The Bertz CT molecular complexity index is 629. The number of nitrogens with one attached hydrogen (secondary N) is 1. The highest BCUT2D eigenvalue weighted by Crippen LogP contribution is 2.28. The molecule has 2 rings (SSSR count). The van der Waals surface area contributed by atoms with Crippen LogP contribution in [0, 0.1) is 11.6 Å². The highest BCUT2D eigenvalue weighted by atomic mass is 35.5. The Morgan fingerprint density at radius 3 is 2.25 bits per heavy atom. The molecule has 0 spiro atoms. The summed E-state index contributed by atoms with van der Waals surface area (Å²) in [5.41, 5.74) is 5.16. The monoisotopic (exact) mass is 296 g/mol. The van der Waals surface area contributed by atoms with E-state index in [0.29, 0.717) is 10.7 Å². The molecule has 2 aromatic carbocycles. The maximum absolute atomic E-state index is 13.7. The van der Waals surface area contributed by atoms with Gasteiger partial charge in [-0.05, 0) is 24.3 Å². The molecule has 0 radical (unpaired) electrons. The molecule has 0 aliphatic heterocycles. The lowest BCUT2D eigenvalue weighted by atomic mass is 10.0. The van der Waals surface area contributed by atoms with Gasteiger partial charge in [-0.3, -0.25) is 4.79 Å². The molecule has 0 saturated heterocycles. The third-order valence-corrected chi connectivity index (χ3v) is 3.08. The Labute approximate surface area is 119 Å². The van der Waals surface area contributed by atoms with Crippen LogP contribution in [0.15, 0.2) is 42.5 Å². The first-order valence-electron chi connectivity index (χ1n) is 5.75. The van der Waals surface area contributed by atoms with Crippen molar-refractivity contribution in [1.82, 2.24) is 0 Å². The van der Waals surface area contributed by atoms with Crippen molar-refractivity contribution in [3.63, 3.8) is 0 Å². The first-order valence-corrected chi connectivity index (χ1v) is 6.13. The molecule has 1 atom stereocenters. The van der Waals surface area contributed by atoms with Crippen LogP contribution in [0.4, 0.5) is 14.5 Å². The van der Waals surface area contributed by atoms with Gasteiger partial charge in [0.05, 0.1) is 16.3 Å². The van der Waals surface area contributed by atoms with E-state index in [2.05, 4.69) is 5.32 Å². The van der Waals surface area contributed by atoms with Crippen LogP contribution in [-0.4, -0.2) is 5.91 Å². The van der Waals surface area contributed by atoms with E-state index >= 15 is 0 Å². The standard InChI is InChI=1S/C14H11ClF2N2O/c15-8-4-1-2-7-11(8)19-13(14(18)20)12-9(16)5-3-6-10(12)17/h1-7,13,19H,(H2,18,20). The molecule has 6 heteroatoms. The first kappa shape index (κ1) is 14.3. The fraction of sp³-hybridized carbons (Fsp3) is 0.0714. The van der Waals surface area contributed by atoms with Crippen LogP contribution in [-0.2, 0) is 4.79 Å². The minimum Gasteiger partial charge on any atom is -0.369 e. The lowest BCUT2D eigenvalue weighted by Crippen LogP contribution is -2.29. The summed E-state index contributed by atoms with van der Waals surface area (Å²) in [5.74, 6) is -2.62. The van der Waals surface area contributed by atoms with E-state index in [1.54, 1.807) is 24.3 Å². The number of amides is 1. The predicted octanol–water partition coefficient (Wildman–Crippen LogP) is 3.26. The van der Waals surface area contributed by atoms with Gasteiger partial charge in [0, 0.05) is 0 Å². The predicted molar refractivity (Wildman–Crippen MR) is 73.4 cm³/mol. The van der Waals surface area contributed by atoms with Gasteiger partial charge < -0.3 is 11.1 Å². The number of nitrogens with two attached hydrogens (primary N) is 1. The lowest BCUT2D eigenvalue weighted by molar-refractivity contribution is -0.119. The van der Waals surface area contributed by atoms with Crippen LogP contribution >= 0.6 is 11.6 Å². The Morgan fingerprint density at radius 2 is 1.70 bits per heavy atom. The fourth-order valence-corrected chi connectivity index (χ4v) is 2.00. The third kappa shape index (κ3) is 2.88. The molecule has 1 amide bonds. The van der Waals surface area contributed by atoms with E-state index in [4.69, 9.17) is 17.3 Å². The molecule has 0 saturated carbocycles. The van der Waals surface area contributed by atoms with Gasteiger partial charge in [0.25, 0.3) is 0 Å². The summed E-state index contributed by atoms with van der Waals surface area (Å²) in [6.07, 6.45) is 0. The van der Waals surface area contributed by atoms with E-state index < -0.39 is 29.1 Å². The zero-order valence-corrected chi connectivity index (χ0v) is 11.0. The number of hydrogen-bond acceptors (Lipinski definition) is 2. The Kier molecular flexibility index (Phi) is 4.20. The second-order valence-electron chi connectivity index (χ2n) is 4.09. The van der Waals surface area contributed by atoms with E-state index in [1.165, 1.54) is 6.07 Å². The summed E-state index contributed by atoms with van der Waals surface area (Å²) in [5, 5.41) is 2.97. The number of carbonyl (C=O) groups excluding carboxylic acids is 1. The maximum atomic E-state index is 13.7. The molecule has 2 aromatic rings. The highest BCUT2D eigenvalue weighted by Gasteiger charge is 2.25. The minimum atomic E-state index is -1.35. The number of anilines is 1. The molecular formula is C14H11ClF2N2O. The van der Waals surface area contributed by atoms with E-state index in [9.17, 15) is 13.6 Å². The molecule has 20 heavy (non-hydrogen) atoms. The zero-order chi connectivity index (χ0) is 14.7. The number of rotatable bonds is 4. The summed E-state index contributed by atoms with van der Waals surface area (Å²) >= 11 is 5.94. The van der Waals surface area contributed by atoms with Crippen LogP contribution in [0.3, 0.4) is 0 Å². The largest absolute Gasteiger partial charge is 0.369 e. The van der Waals surface area contributed by atoms with Crippen molar-refractivity contribution in [2.24, 2.45) is 5.73 Å². The second kappa shape index (κ2) is 5.88. The van der Waals surface area contributed by atoms with Gasteiger partial charge in [0.15, 0.2) is 0 Å². The smallest absolute Gasteiger partial charge is 0.244 e. The average Bonchev–Trinajstić information content (AvgIpc) is 2.39. The third-order valence-electron chi connectivity index (χ3n) is 2.75. The van der Waals surface area contributed by atoms with Crippen molar-refractivity contribution in [2.45, 2.75) is 6.04 Å². The topological polar surface area (TPSA) is 55.1 Å². The fourth-order valence-electron chi connectivity index (χ4n) is 1.81. The molecule has 0 aliphatic carbocycles. The van der Waals surface area contributed by atoms with Gasteiger partial charge in [0.1, 0.15) is 17.7 Å². The van der Waals surface area contributed by atoms with Crippen LogP contribution < -0.4 is 11.1 Å². The molecular weight excluding hydrogens is 286 g/mol. The molecule has 3 N–H and O–H groups in total. The van der Waals surface area contributed by atoms with Gasteiger partial charge in [0.2, 0.25) is 5.91 Å². The van der Waals surface area contributed by atoms with Crippen LogP contribution in [0.1, 0.15) is 11.6 Å². The van der Waals surface area contributed by atoms with Crippen molar-refractivity contribution < 1.29 is 13.6 Å². The summed E-state index contributed by atoms with van der Waals surface area (Å²) in [6, 6.07) is 8.50. The van der Waals surface area contributed by atoms with E-state index in [0.717, 1.165) is 12.1 Å². The van der Waals surface area contributed by atoms with E-state index in [1.807, 2.05) is 0 Å². The van der Waals surface area contributed by atoms with Crippen molar-refractivity contribution in [3.05, 3.63) is 64.7 Å². The van der Waals surface area contributed by atoms with Crippen LogP contribution in [0.25, 0.3) is 0 Å². The molecule has 0 heterocycles. The number of benzene rings is 2. The number of primary amides is 1. The molecule has 0 aliphatic rings. The highest BCUT2D eigenvalue weighted by molar-refractivity contribution is 6.33. The minimum absolute atomic E-state index is 0.315. The molecule has 3 nitrogen and oxygen atoms in total. The Hall–Kier alpha value is -2.14. The summed E-state index contributed by atoms with van der Waals surface area (Å²) in [7, 11) is 0. The summed E-state index contributed by atoms with van der Waals surface area (Å²) in [4.78, 5) is 11.5. The van der Waals surface area contributed by atoms with Crippen molar-refractivity contribution >= 4 is 23.2 Å². The first-order chi connectivity index (χ1) is 9.50. The zero-order valence-electron chi connectivity index (χ0n) is 10.2. The lowest BCUT2D eigenvalue weighted by Gasteiger charge is -2.19. The summed E-state index contributed by atoms with van der Waals surface area (Å²) < 4.78 is 27.5. The Morgan fingerprint density at radius 1 is 1.10 bits per heavy atom. The average molecular weight is 297 g/mol. The molecule has 104 valence electrons. The number of hydrogen-bond donors (Lipinski definition) is 2. The molecule has 1 unspecified atom stereocenters. The second-order valence-corrected chi connectivity index (χ2v) is 4.50. The van der Waals surface area contributed by atoms with Crippen LogP contribution in [0.2, 0.25) is 5.02 Å². The van der Waals surface area contributed by atoms with Gasteiger partial charge in [-0.15, -0.1) is 0 Å². The number of halogens is 3. The van der Waals surface area contributed by atoms with E-state index in [-0.39, 0.29) is 0 Å². The van der Waals surface area contributed by atoms with Crippen LogP contribution in [0.5, 0.6) is 0 Å². The SMILES string of the molecule is NC(=O)C(Nc1ccccc1Cl)c1c(F)cccc1F. The Balaban J connectivity index is 2.43. The van der Waals surface area contributed by atoms with Crippen molar-refractivity contribution in [3.8, 4) is 0 Å². The molecule has 0 aromatic heterocycles. The van der Waals surface area contributed by atoms with Crippen molar-refractivity contribution in [2.75, 3.05) is 5.32 Å². The van der Waals surface area contributed by atoms with Gasteiger partial charge in [-0.25, -0.2) is 8.78 Å². The van der Waals surface area contributed by atoms with Crippen molar-refractivity contribution in [1.29, 1.82) is 0 Å². The summed E-state index contributed by atoms with van der Waals surface area (Å²) in [6.45, 7) is 0. The molecule has 0 fully saturated rings. The number of carbonyl (C=O) groups is 1. The maximum Gasteiger partial charge on any atom is 0.244 e. The van der Waals surface area contributed by atoms with Gasteiger partial charge in [-0.1, -0.05) is 29.8 Å². The quantitative estimate of drug-likeness (QED) is 0.910. The van der Waals surface area contributed by atoms with Gasteiger partial charge in [-0.2, -0.15) is 0 Å². The molecule has 0 bridgehead atoms. The van der Waals surface area contributed by atoms with Gasteiger partial charge >= 0.3 is 0 Å². The normalized spacial score (nSPS) is 11.9.